The molecule has 0 aliphatic rings. The van der Waals surface area contributed by atoms with Crippen molar-refractivity contribution in [2.24, 2.45) is 7.05 Å². The fourth-order valence-corrected chi connectivity index (χ4v) is 4.07. The molecular weight excluding hydrogens is 412 g/mol. The molecule has 0 spiro atoms. The fourth-order valence-electron chi connectivity index (χ4n) is 3.35. The summed E-state index contributed by atoms with van der Waals surface area (Å²) >= 11 is 1.45. The second-order valence-electron chi connectivity index (χ2n) is 6.71. The van der Waals surface area contributed by atoms with Gasteiger partial charge in [-0.15, -0.1) is 0 Å². The summed E-state index contributed by atoms with van der Waals surface area (Å²) in [4.78, 5) is 31.4. The molecule has 4 rings (SSSR count). The summed E-state index contributed by atoms with van der Waals surface area (Å²) in [7, 11) is 1.82. The van der Waals surface area contributed by atoms with Gasteiger partial charge in [0.1, 0.15) is 5.69 Å². The van der Waals surface area contributed by atoms with Crippen LogP contribution < -0.4 is 11.1 Å². The molecule has 0 unspecified atom stereocenters. The predicted molar refractivity (Wildman–Crippen MR) is 126 cm³/mol. The number of rotatable bonds is 4. The van der Waals surface area contributed by atoms with Gasteiger partial charge in [0.25, 0.3) is 11.1 Å². The van der Waals surface area contributed by atoms with Crippen LogP contribution in [0.5, 0.6) is 0 Å². The molecule has 0 bridgehead atoms. The quantitative estimate of drug-likeness (QED) is 0.391. The van der Waals surface area contributed by atoms with Crippen molar-refractivity contribution in [2.45, 2.75) is 25.9 Å². The Morgan fingerprint density at radius 2 is 1.58 bits per heavy atom. The molecule has 2 aromatic heterocycles. The fraction of sp³-hybridized carbons (Fsp3) is 0.261. The van der Waals surface area contributed by atoms with Crippen molar-refractivity contribution in [1.82, 2.24) is 18.9 Å². The highest BCUT2D eigenvalue weighted by Crippen LogP contribution is 2.22. The van der Waals surface area contributed by atoms with Crippen LogP contribution in [0.4, 0.5) is 0 Å². The second kappa shape index (κ2) is 9.80. The Balaban J connectivity index is 0.000000858. The van der Waals surface area contributed by atoms with Crippen LogP contribution in [0.3, 0.4) is 0 Å². The van der Waals surface area contributed by atoms with Gasteiger partial charge in [-0.2, -0.15) is 0 Å². The third-order valence-electron chi connectivity index (χ3n) is 4.77. The minimum atomic E-state index is -0.247. The lowest BCUT2D eigenvalue weighted by atomic mass is 10.2. The van der Waals surface area contributed by atoms with Gasteiger partial charge in [0.15, 0.2) is 5.16 Å². The maximum Gasteiger partial charge on any atom is 0.296 e. The Labute approximate surface area is 184 Å². The highest BCUT2D eigenvalue weighted by Gasteiger charge is 2.22. The summed E-state index contributed by atoms with van der Waals surface area (Å²) in [6.07, 6.45) is 0. The number of thioether (sulfide) groups is 1. The van der Waals surface area contributed by atoms with Crippen molar-refractivity contribution in [2.75, 3.05) is 12.4 Å². The Morgan fingerprint density at radius 1 is 0.968 bits per heavy atom. The molecule has 0 aliphatic heterocycles. The molecule has 2 heterocycles. The number of hydrogen-bond acceptors (Lipinski definition) is 5. The zero-order valence-electron chi connectivity index (χ0n) is 18.1. The van der Waals surface area contributed by atoms with Gasteiger partial charge in [0, 0.05) is 13.7 Å². The van der Waals surface area contributed by atoms with E-state index < -0.39 is 0 Å². The first-order valence-electron chi connectivity index (χ1n) is 10.1. The van der Waals surface area contributed by atoms with E-state index in [1.165, 1.54) is 16.3 Å². The van der Waals surface area contributed by atoms with E-state index in [4.69, 9.17) is 5.11 Å². The van der Waals surface area contributed by atoms with E-state index in [0.717, 1.165) is 11.4 Å². The lowest BCUT2D eigenvalue weighted by Gasteiger charge is -2.11. The molecule has 2 aromatic carbocycles. The summed E-state index contributed by atoms with van der Waals surface area (Å²) in [5.41, 5.74) is 1.94. The number of fused-ring (bicyclic) bond motifs is 1. The first-order chi connectivity index (χ1) is 15.0. The van der Waals surface area contributed by atoms with Crippen LogP contribution in [0.15, 0.2) is 69.3 Å². The van der Waals surface area contributed by atoms with Crippen molar-refractivity contribution in [3.05, 3.63) is 81.0 Å². The number of aromatic nitrogens is 4. The number of para-hydroxylation sites is 2. The van der Waals surface area contributed by atoms with Gasteiger partial charge in [-0.1, -0.05) is 49.0 Å². The molecule has 0 atom stereocenters. The van der Waals surface area contributed by atoms with Crippen LogP contribution in [0.2, 0.25) is 0 Å². The van der Waals surface area contributed by atoms with Crippen molar-refractivity contribution in [1.29, 1.82) is 0 Å². The van der Waals surface area contributed by atoms with Gasteiger partial charge >= 0.3 is 0 Å². The van der Waals surface area contributed by atoms with Crippen molar-refractivity contribution < 1.29 is 5.11 Å². The van der Waals surface area contributed by atoms with Crippen LogP contribution in [-0.4, -0.2) is 36.4 Å². The van der Waals surface area contributed by atoms with Gasteiger partial charge in [-0.3, -0.25) is 14.3 Å². The smallest absolute Gasteiger partial charge is 0.296 e. The number of aliphatic hydroxyl groups excluding tert-OH is 1. The molecule has 8 heteroatoms. The Hall–Kier alpha value is -3.10. The molecule has 1 N–H and O–H groups in total. The van der Waals surface area contributed by atoms with Crippen LogP contribution in [0.1, 0.15) is 19.5 Å². The third kappa shape index (κ3) is 4.22. The second-order valence-corrected chi connectivity index (χ2v) is 7.94. The van der Waals surface area contributed by atoms with E-state index in [2.05, 4.69) is 4.98 Å². The Morgan fingerprint density at radius 3 is 2.23 bits per heavy atom. The first kappa shape index (κ1) is 22.6. The Kier molecular flexibility index (Phi) is 7.14. The summed E-state index contributed by atoms with van der Waals surface area (Å²) in [6, 6.07) is 16.6. The lowest BCUT2D eigenvalue weighted by Crippen LogP contribution is -2.28. The van der Waals surface area contributed by atoms with Gasteiger partial charge in [0.2, 0.25) is 0 Å². The van der Waals surface area contributed by atoms with Gasteiger partial charge < -0.3 is 5.11 Å². The molecular formula is C23H26N4O3S. The molecule has 0 fully saturated rings. The van der Waals surface area contributed by atoms with Crippen LogP contribution in [0.25, 0.3) is 22.3 Å². The van der Waals surface area contributed by atoms with E-state index in [1.807, 2.05) is 69.4 Å². The summed E-state index contributed by atoms with van der Waals surface area (Å²) in [5, 5.41) is 8.59. The number of aliphatic hydroxyl groups is 1. The highest BCUT2D eigenvalue weighted by molar-refractivity contribution is 7.99. The topological polar surface area (TPSA) is 82.1 Å². The van der Waals surface area contributed by atoms with E-state index >= 15 is 0 Å². The van der Waals surface area contributed by atoms with Gasteiger partial charge in [-0.25, -0.2) is 14.2 Å². The standard InChI is InChI=1S/C21H20N4O2S.C2H6O/c1-4-28-21-22-17-13-9-8-12-16(17)19(26)24(21)18-14(2)23(3)25(20(18)27)15-10-6-5-7-11-15;1-2-3/h5-13H,4H2,1-3H3;3H,2H2,1H3. The van der Waals surface area contributed by atoms with Gasteiger partial charge in [-0.05, 0) is 43.9 Å². The molecule has 4 aromatic rings. The average Bonchev–Trinajstić information content (AvgIpc) is 2.98. The minimum Gasteiger partial charge on any atom is -0.397 e. The zero-order chi connectivity index (χ0) is 22.5. The summed E-state index contributed by atoms with van der Waals surface area (Å²) in [5.74, 6) is 0.740. The average molecular weight is 439 g/mol. The zero-order valence-corrected chi connectivity index (χ0v) is 18.9. The number of hydrogen-bond donors (Lipinski definition) is 1. The highest BCUT2D eigenvalue weighted by atomic mass is 32.2. The summed E-state index contributed by atoms with van der Waals surface area (Å²) < 4.78 is 4.81. The molecule has 0 radical (unpaired) electrons. The molecule has 162 valence electrons. The predicted octanol–water partition coefficient (Wildman–Crippen LogP) is 3.29. The molecule has 7 nitrogen and oxygen atoms in total. The lowest BCUT2D eigenvalue weighted by molar-refractivity contribution is 0.318. The van der Waals surface area contributed by atoms with Crippen LogP contribution in [-0.2, 0) is 7.05 Å². The van der Waals surface area contributed by atoms with Gasteiger partial charge in [0.05, 0.1) is 22.3 Å². The molecule has 0 saturated carbocycles. The molecule has 0 amide bonds. The Bertz CT molecular complexity index is 1310. The van der Waals surface area contributed by atoms with E-state index in [0.29, 0.717) is 27.4 Å². The molecule has 0 saturated heterocycles. The van der Waals surface area contributed by atoms with Crippen molar-refractivity contribution >= 4 is 22.7 Å². The number of nitrogens with zero attached hydrogens (tertiary/aromatic N) is 4. The van der Waals surface area contributed by atoms with E-state index in [1.54, 1.807) is 22.4 Å². The minimum absolute atomic E-state index is 0.229. The first-order valence-corrected chi connectivity index (χ1v) is 11.0. The monoisotopic (exact) mass is 438 g/mol. The van der Waals surface area contributed by atoms with E-state index in [9.17, 15) is 9.59 Å². The largest absolute Gasteiger partial charge is 0.397 e. The van der Waals surface area contributed by atoms with Crippen molar-refractivity contribution in [3.63, 3.8) is 0 Å². The maximum absolute atomic E-state index is 13.4. The normalized spacial score (nSPS) is 10.7. The van der Waals surface area contributed by atoms with Crippen molar-refractivity contribution in [3.8, 4) is 11.4 Å². The van der Waals surface area contributed by atoms with Crippen LogP contribution in [0, 0.1) is 6.92 Å². The maximum atomic E-state index is 13.4. The SMILES string of the molecule is CCO.CCSc1nc2ccccc2c(=O)n1-c1c(C)n(C)n(-c2ccccc2)c1=O. The summed E-state index contributed by atoms with van der Waals surface area (Å²) in [6.45, 7) is 5.77. The third-order valence-corrected chi connectivity index (χ3v) is 5.59. The van der Waals surface area contributed by atoms with Crippen LogP contribution >= 0.6 is 11.8 Å². The number of benzene rings is 2. The van der Waals surface area contributed by atoms with E-state index in [-0.39, 0.29) is 17.7 Å². The molecule has 0 aliphatic carbocycles. The molecule has 31 heavy (non-hydrogen) atoms.